The van der Waals surface area contributed by atoms with Gasteiger partial charge < -0.3 is 15.0 Å². The van der Waals surface area contributed by atoms with Gasteiger partial charge in [0.15, 0.2) is 11.6 Å². The number of halogens is 1. The molecule has 0 spiro atoms. The predicted molar refractivity (Wildman–Crippen MR) is 65.5 cm³/mol. The van der Waals surface area contributed by atoms with Crippen molar-refractivity contribution in [2.45, 2.75) is 38.2 Å². The van der Waals surface area contributed by atoms with Gasteiger partial charge in [0.05, 0.1) is 9.67 Å². The summed E-state index contributed by atoms with van der Waals surface area (Å²) < 4.78 is 11.7. The molecular formula is C10H15IN2O2. The molecular weight excluding hydrogens is 307 g/mol. The minimum absolute atomic E-state index is 0.390. The Morgan fingerprint density at radius 3 is 2.93 bits per heavy atom. The van der Waals surface area contributed by atoms with E-state index in [1.165, 1.54) is 19.3 Å². The van der Waals surface area contributed by atoms with Gasteiger partial charge in [-0.3, -0.25) is 0 Å². The number of aryl methyl sites for hydroxylation is 1. The van der Waals surface area contributed by atoms with Gasteiger partial charge >= 0.3 is 0 Å². The summed E-state index contributed by atoms with van der Waals surface area (Å²) in [7, 11) is 0. The highest BCUT2D eigenvalue weighted by Gasteiger charge is 2.17. The summed E-state index contributed by atoms with van der Waals surface area (Å²) in [5, 5.41) is 3.73. The number of hydrogen-bond acceptors (Lipinski definition) is 4. The monoisotopic (exact) mass is 322 g/mol. The molecule has 84 valence electrons. The number of rotatable bonds is 3. The summed E-state index contributed by atoms with van der Waals surface area (Å²) in [5.74, 6) is 1.39. The van der Waals surface area contributed by atoms with Crippen LogP contribution in [0.4, 0.5) is 5.82 Å². The standard InChI is InChI=1S/C10H15IN2O2/c11-9-8(15-13-10(9)12)5-4-7-3-1-2-6-14-7/h7H,1-6H2,(H2,12,13). The van der Waals surface area contributed by atoms with E-state index in [-0.39, 0.29) is 0 Å². The third-order valence-corrected chi connectivity index (χ3v) is 3.85. The summed E-state index contributed by atoms with van der Waals surface area (Å²) in [6.45, 7) is 0.903. The van der Waals surface area contributed by atoms with Crippen LogP contribution in [0.3, 0.4) is 0 Å². The first-order chi connectivity index (χ1) is 7.27. The maximum Gasteiger partial charge on any atom is 0.180 e. The smallest absolute Gasteiger partial charge is 0.180 e. The van der Waals surface area contributed by atoms with Crippen LogP contribution in [0.5, 0.6) is 0 Å². The molecule has 2 rings (SSSR count). The highest BCUT2D eigenvalue weighted by Crippen LogP contribution is 2.23. The molecule has 0 radical (unpaired) electrons. The average molecular weight is 322 g/mol. The van der Waals surface area contributed by atoms with Crippen molar-refractivity contribution >= 4 is 28.4 Å². The van der Waals surface area contributed by atoms with Crippen LogP contribution in [0.15, 0.2) is 4.52 Å². The lowest BCUT2D eigenvalue weighted by molar-refractivity contribution is 0.0106. The summed E-state index contributed by atoms with van der Waals surface area (Å²) in [6.07, 6.45) is 5.91. The van der Waals surface area contributed by atoms with Crippen LogP contribution >= 0.6 is 22.6 Å². The molecule has 5 heteroatoms. The molecule has 1 atom stereocenters. The number of nitrogens with two attached hydrogens (primary N) is 1. The lowest BCUT2D eigenvalue weighted by Gasteiger charge is -2.21. The van der Waals surface area contributed by atoms with E-state index in [2.05, 4.69) is 27.7 Å². The predicted octanol–water partition coefficient (Wildman–Crippen LogP) is 2.36. The van der Waals surface area contributed by atoms with Gasteiger partial charge in [-0.2, -0.15) is 0 Å². The lowest BCUT2D eigenvalue weighted by atomic mass is 10.0. The molecule has 15 heavy (non-hydrogen) atoms. The molecule has 0 bridgehead atoms. The van der Waals surface area contributed by atoms with Gasteiger partial charge in [-0.25, -0.2) is 0 Å². The maximum atomic E-state index is 5.65. The van der Waals surface area contributed by atoms with Crippen molar-refractivity contribution < 1.29 is 9.26 Å². The molecule has 1 aromatic rings. The molecule has 0 saturated carbocycles. The van der Waals surface area contributed by atoms with Crippen molar-refractivity contribution in [1.82, 2.24) is 5.16 Å². The van der Waals surface area contributed by atoms with Crippen LogP contribution < -0.4 is 5.73 Å². The zero-order chi connectivity index (χ0) is 10.7. The molecule has 1 fully saturated rings. The van der Waals surface area contributed by atoms with E-state index in [9.17, 15) is 0 Å². The molecule has 1 aromatic heterocycles. The maximum absolute atomic E-state index is 5.65. The van der Waals surface area contributed by atoms with Crippen LogP contribution in [0.25, 0.3) is 0 Å². The summed E-state index contributed by atoms with van der Waals surface area (Å²) in [5.41, 5.74) is 5.61. The normalized spacial score (nSPS) is 21.8. The Morgan fingerprint density at radius 1 is 1.47 bits per heavy atom. The third kappa shape index (κ3) is 2.84. The van der Waals surface area contributed by atoms with Crippen molar-refractivity contribution in [1.29, 1.82) is 0 Å². The molecule has 1 aliphatic heterocycles. The van der Waals surface area contributed by atoms with Gasteiger partial charge in [0.25, 0.3) is 0 Å². The van der Waals surface area contributed by atoms with Crippen molar-refractivity contribution in [3.63, 3.8) is 0 Å². The highest BCUT2D eigenvalue weighted by molar-refractivity contribution is 14.1. The Labute approximate surface area is 103 Å². The number of aromatic nitrogens is 1. The fourth-order valence-corrected chi connectivity index (χ4v) is 2.28. The summed E-state index contributed by atoms with van der Waals surface area (Å²) in [4.78, 5) is 0. The molecule has 4 nitrogen and oxygen atoms in total. The van der Waals surface area contributed by atoms with E-state index < -0.39 is 0 Å². The fourth-order valence-electron chi connectivity index (χ4n) is 1.81. The first-order valence-electron chi connectivity index (χ1n) is 5.28. The Morgan fingerprint density at radius 2 is 2.33 bits per heavy atom. The second-order valence-corrected chi connectivity index (χ2v) is 4.91. The Bertz CT molecular complexity index is 321. The Kier molecular flexibility index (Phi) is 3.85. The molecule has 0 aromatic carbocycles. The molecule has 0 amide bonds. The average Bonchev–Trinajstić information content (AvgIpc) is 2.59. The number of nitrogen functional groups attached to an aromatic ring is 1. The van der Waals surface area contributed by atoms with Crippen LogP contribution in [-0.2, 0) is 11.2 Å². The molecule has 1 aliphatic rings. The minimum atomic E-state index is 0.390. The van der Waals surface area contributed by atoms with Gasteiger partial charge in [0, 0.05) is 13.0 Å². The topological polar surface area (TPSA) is 61.3 Å². The van der Waals surface area contributed by atoms with Crippen LogP contribution in [-0.4, -0.2) is 17.9 Å². The Balaban J connectivity index is 1.84. The summed E-state index contributed by atoms with van der Waals surface area (Å²) >= 11 is 2.17. The zero-order valence-corrected chi connectivity index (χ0v) is 10.7. The summed E-state index contributed by atoms with van der Waals surface area (Å²) in [6, 6.07) is 0. The second kappa shape index (κ2) is 5.16. The minimum Gasteiger partial charge on any atom is -0.380 e. The zero-order valence-electron chi connectivity index (χ0n) is 8.54. The lowest BCUT2D eigenvalue weighted by Crippen LogP contribution is -2.19. The number of hydrogen-bond donors (Lipinski definition) is 1. The van der Waals surface area contributed by atoms with Crippen molar-refractivity contribution in [3.05, 3.63) is 9.33 Å². The van der Waals surface area contributed by atoms with Gasteiger partial charge in [0.2, 0.25) is 0 Å². The molecule has 0 aliphatic carbocycles. The first kappa shape index (κ1) is 11.2. The SMILES string of the molecule is Nc1noc(CCC2CCCCO2)c1I. The number of anilines is 1. The Hall–Kier alpha value is -0.300. The highest BCUT2D eigenvalue weighted by atomic mass is 127. The van der Waals surface area contributed by atoms with E-state index in [4.69, 9.17) is 15.0 Å². The van der Waals surface area contributed by atoms with Crippen LogP contribution in [0.2, 0.25) is 0 Å². The van der Waals surface area contributed by atoms with E-state index in [0.29, 0.717) is 11.9 Å². The van der Waals surface area contributed by atoms with Crippen LogP contribution in [0.1, 0.15) is 31.4 Å². The van der Waals surface area contributed by atoms with Gasteiger partial charge in [-0.1, -0.05) is 5.16 Å². The molecule has 2 N–H and O–H groups in total. The van der Waals surface area contributed by atoms with Crippen molar-refractivity contribution in [3.8, 4) is 0 Å². The van der Waals surface area contributed by atoms with E-state index >= 15 is 0 Å². The van der Waals surface area contributed by atoms with Crippen molar-refractivity contribution in [2.75, 3.05) is 12.3 Å². The molecule has 2 heterocycles. The quantitative estimate of drug-likeness (QED) is 0.868. The van der Waals surface area contributed by atoms with Crippen LogP contribution in [0, 0.1) is 3.57 Å². The largest absolute Gasteiger partial charge is 0.380 e. The molecule has 1 saturated heterocycles. The van der Waals surface area contributed by atoms with E-state index in [1.807, 2.05) is 0 Å². The molecule has 1 unspecified atom stereocenters. The first-order valence-corrected chi connectivity index (χ1v) is 6.36. The van der Waals surface area contributed by atoms with Gasteiger partial charge in [-0.15, -0.1) is 0 Å². The second-order valence-electron chi connectivity index (χ2n) is 3.83. The van der Waals surface area contributed by atoms with Crippen molar-refractivity contribution in [2.24, 2.45) is 0 Å². The number of nitrogens with zero attached hydrogens (tertiary/aromatic N) is 1. The van der Waals surface area contributed by atoms with E-state index in [1.54, 1.807) is 0 Å². The van der Waals surface area contributed by atoms with E-state index in [0.717, 1.165) is 28.8 Å². The fraction of sp³-hybridized carbons (Fsp3) is 0.700. The van der Waals surface area contributed by atoms with Gasteiger partial charge in [-0.05, 0) is 48.3 Å². The number of ether oxygens (including phenoxy) is 1. The third-order valence-electron chi connectivity index (χ3n) is 2.69. The van der Waals surface area contributed by atoms with Gasteiger partial charge in [0.1, 0.15) is 0 Å².